The highest BCUT2D eigenvalue weighted by Crippen LogP contribution is 2.30. The van der Waals surface area contributed by atoms with Crippen molar-refractivity contribution in [3.8, 4) is 0 Å². The molecule has 1 aliphatic heterocycles. The number of halogens is 1. The summed E-state index contributed by atoms with van der Waals surface area (Å²) in [5, 5.41) is 0. The van der Waals surface area contributed by atoms with E-state index in [0.29, 0.717) is 18.5 Å². The summed E-state index contributed by atoms with van der Waals surface area (Å²) in [4.78, 5) is 40.3. The Hall–Kier alpha value is -2.24. The Kier molecular flexibility index (Phi) is 5.06. The Bertz CT molecular complexity index is 649. The van der Waals surface area contributed by atoms with Crippen LogP contribution in [0.4, 0.5) is 10.1 Å². The van der Waals surface area contributed by atoms with Crippen LogP contribution in [0, 0.1) is 5.82 Å². The van der Waals surface area contributed by atoms with Crippen molar-refractivity contribution in [2.45, 2.75) is 58.5 Å². The molecule has 1 aliphatic rings. The van der Waals surface area contributed by atoms with E-state index in [4.69, 9.17) is 0 Å². The molecule has 130 valence electrons. The molecule has 1 saturated heterocycles. The molecule has 0 aliphatic carbocycles. The Morgan fingerprint density at radius 1 is 1.25 bits per heavy atom. The molecule has 24 heavy (non-hydrogen) atoms. The van der Waals surface area contributed by atoms with Crippen LogP contribution in [0.3, 0.4) is 0 Å². The van der Waals surface area contributed by atoms with Gasteiger partial charge in [-0.3, -0.25) is 14.4 Å². The molecular weight excluding hydrogens is 311 g/mol. The number of nitrogens with zero attached hydrogens (tertiary/aromatic N) is 2. The number of hydrogen-bond acceptors (Lipinski definition) is 3. The van der Waals surface area contributed by atoms with E-state index in [1.165, 1.54) is 29.2 Å². The molecule has 1 heterocycles. The minimum atomic E-state index is -0.818. The van der Waals surface area contributed by atoms with Crippen molar-refractivity contribution in [2.75, 3.05) is 4.90 Å². The predicted molar refractivity (Wildman–Crippen MR) is 88.8 cm³/mol. The van der Waals surface area contributed by atoms with Crippen molar-refractivity contribution < 1.29 is 18.8 Å². The number of anilines is 1. The van der Waals surface area contributed by atoms with Crippen molar-refractivity contribution in [1.82, 2.24) is 4.90 Å². The quantitative estimate of drug-likeness (QED) is 0.796. The second-order valence-corrected chi connectivity index (χ2v) is 6.95. The number of hydrogen-bond donors (Lipinski definition) is 0. The van der Waals surface area contributed by atoms with Gasteiger partial charge in [0.05, 0.1) is 12.1 Å². The van der Waals surface area contributed by atoms with Gasteiger partial charge in [-0.25, -0.2) is 9.29 Å². The molecule has 2 rings (SSSR count). The SMILES string of the molecule is CCCC(=O)N(C1CC(=O)N(c2ccc(F)cc2)C1=O)C(C)(C)C. The lowest BCUT2D eigenvalue weighted by Gasteiger charge is -2.39. The minimum Gasteiger partial charge on any atom is -0.325 e. The second-order valence-electron chi connectivity index (χ2n) is 6.95. The lowest BCUT2D eigenvalue weighted by atomic mass is 10.0. The van der Waals surface area contributed by atoms with Crippen molar-refractivity contribution in [3.63, 3.8) is 0 Å². The smallest absolute Gasteiger partial charge is 0.257 e. The molecule has 1 aromatic carbocycles. The zero-order chi connectivity index (χ0) is 18.1. The number of carbonyl (C=O) groups excluding carboxylic acids is 3. The number of amides is 3. The highest BCUT2D eigenvalue weighted by Gasteiger charge is 2.47. The summed E-state index contributed by atoms with van der Waals surface area (Å²) < 4.78 is 13.1. The summed E-state index contributed by atoms with van der Waals surface area (Å²) >= 11 is 0. The molecule has 1 fully saturated rings. The van der Waals surface area contributed by atoms with Crippen molar-refractivity contribution in [1.29, 1.82) is 0 Å². The van der Waals surface area contributed by atoms with Crippen LogP contribution in [-0.2, 0) is 14.4 Å². The molecule has 0 saturated carbocycles. The molecule has 5 nitrogen and oxygen atoms in total. The van der Waals surface area contributed by atoms with Crippen molar-refractivity contribution in [3.05, 3.63) is 30.1 Å². The summed E-state index contributed by atoms with van der Waals surface area (Å²) in [7, 11) is 0. The molecule has 1 unspecified atom stereocenters. The Morgan fingerprint density at radius 2 is 1.83 bits per heavy atom. The molecule has 0 N–H and O–H groups in total. The van der Waals surface area contributed by atoms with E-state index in [0.717, 1.165) is 4.90 Å². The number of rotatable bonds is 4. The first-order chi connectivity index (χ1) is 11.2. The highest BCUT2D eigenvalue weighted by atomic mass is 19.1. The molecule has 0 spiro atoms. The summed E-state index contributed by atoms with van der Waals surface area (Å²) in [6.45, 7) is 7.43. The fourth-order valence-corrected chi connectivity index (χ4v) is 3.03. The number of carbonyl (C=O) groups is 3. The van der Waals surface area contributed by atoms with E-state index in [2.05, 4.69) is 0 Å². The average molecular weight is 334 g/mol. The van der Waals surface area contributed by atoms with Crippen molar-refractivity contribution >= 4 is 23.4 Å². The van der Waals surface area contributed by atoms with Gasteiger partial charge in [-0.05, 0) is 51.5 Å². The normalized spacial score (nSPS) is 18.2. The molecule has 0 aromatic heterocycles. The van der Waals surface area contributed by atoms with E-state index in [9.17, 15) is 18.8 Å². The Balaban J connectivity index is 2.34. The fourth-order valence-electron chi connectivity index (χ4n) is 3.03. The van der Waals surface area contributed by atoms with Crippen LogP contribution in [0.5, 0.6) is 0 Å². The highest BCUT2D eigenvalue weighted by molar-refractivity contribution is 6.23. The first-order valence-corrected chi connectivity index (χ1v) is 8.11. The standard InChI is InChI=1S/C18H23FN2O3/c1-5-6-15(22)21(18(2,3)4)14-11-16(23)20(17(14)24)13-9-7-12(19)8-10-13/h7-10,14H,5-6,11H2,1-4H3. The lowest BCUT2D eigenvalue weighted by Crippen LogP contribution is -2.54. The number of benzene rings is 1. The fraction of sp³-hybridized carbons (Fsp3) is 0.500. The third-order valence-corrected chi connectivity index (χ3v) is 3.97. The maximum Gasteiger partial charge on any atom is 0.257 e. The van der Waals surface area contributed by atoms with Crippen LogP contribution in [-0.4, -0.2) is 34.2 Å². The molecule has 0 radical (unpaired) electrons. The van der Waals surface area contributed by atoms with Gasteiger partial charge < -0.3 is 4.90 Å². The molecule has 1 atom stereocenters. The molecule has 6 heteroatoms. The topological polar surface area (TPSA) is 57.7 Å². The van der Waals surface area contributed by atoms with E-state index < -0.39 is 23.3 Å². The van der Waals surface area contributed by atoms with Crippen LogP contribution in [0.2, 0.25) is 0 Å². The molecular formula is C18H23FN2O3. The third kappa shape index (κ3) is 3.47. The predicted octanol–water partition coefficient (Wildman–Crippen LogP) is 2.88. The Labute approximate surface area is 141 Å². The van der Waals surface area contributed by atoms with Gasteiger partial charge in [0, 0.05) is 12.0 Å². The van der Waals surface area contributed by atoms with Crippen LogP contribution in [0.25, 0.3) is 0 Å². The van der Waals surface area contributed by atoms with E-state index >= 15 is 0 Å². The molecule has 3 amide bonds. The van der Waals surface area contributed by atoms with Gasteiger partial charge in [-0.15, -0.1) is 0 Å². The monoisotopic (exact) mass is 334 g/mol. The summed E-state index contributed by atoms with van der Waals surface area (Å²) in [5.41, 5.74) is -0.253. The summed E-state index contributed by atoms with van der Waals surface area (Å²) in [5.74, 6) is -1.40. The van der Waals surface area contributed by atoms with Crippen LogP contribution in [0.15, 0.2) is 24.3 Å². The maximum atomic E-state index is 13.1. The summed E-state index contributed by atoms with van der Waals surface area (Å²) in [6, 6.07) is 4.37. The van der Waals surface area contributed by atoms with Gasteiger partial charge in [0.15, 0.2) is 0 Å². The van der Waals surface area contributed by atoms with Crippen LogP contribution < -0.4 is 4.90 Å². The maximum absolute atomic E-state index is 13.1. The first-order valence-electron chi connectivity index (χ1n) is 8.11. The minimum absolute atomic E-state index is 0.0526. The van der Waals surface area contributed by atoms with E-state index in [1.807, 2.05) is 27.7 Å². The van der Waals surface area contributed by atoms with Crippen molar-refractivity contribution in [2.24, 2.45) is 0 Å². The largest absolute Gasteiger partial charge is 0.325 e. The molecule has 1 aromatic rings. The summed E-state index contributed by atoms with van der Waals surface area (Å²) in [6.07, 6.45) is 0.941. The van der Waals surface area contributed by atoms with Gasteiger partial charge in [-0.1, -0.05) is 6.92 Å². The van der Waals surface area contributed by atoms with Gasteiger partial charge in [0.1, 0.15) is 11.9 Å². The zero-order valence-electron chi connectivity index (χ0n) is 14.5. The van der Waals surface area contributed by atoms with E-state index in [-0.39, 0.29) is 18.2 Å². The van der Waals surface area contributed by atoms with Gasteiger partial charge in [0.25, 0.3) is 5.91 Å². The van der Waals surface area contributed by atoms with Gasteiger partial charge in [0.2, 0.25) is 11.8 Å². The lowest BCUT2D eigenvalue weighted by molar-refractivity contribution is -0.144. The van der Waals surface area contributed by atoms with Crippen LogP contribution in [0.1, 0.15) is 47.0 Å². The Morgan fingerprint density at radius 3 is 2.33 bits per heavy atom. The number of imide groups is 1. The average Bonchev–Trinajstić information content (AvgIpc) is 2.74. The first kappa shape index (κ1) is 18.1. The third-order valence-electron chi connectivity index (χ3n) is 3.97. The van der Waals surface area contributed by atoms with E-state index in [1.54, 1.807) is 0 Å². The van der Waals surface area contributed by atoms with Crippen LogP contribution >= 0.6 is 0 Å². The second kappa shape index (κ2) is 6.71. The van der Waals surface area contributed by atoms with Gasteiger partial charge >= 0.3 is 0 Å². The zero-order valence-corrected chi connectivity index (χ0v) is 14.5. The van der Waals surface area contributed by atoms with Gasteiger partial charge in [-0.2, -0.15) is 0 Å². The molecule has 0 bridgehead atoms.